The number of hydrogen-bond donors (Lipinski definition) is 0. The molecule has 1 atom stereocenters. The molecule has 1 aromatic heterocycles. The Morgan fingerprint density at radius 2 is 2.10 bits per heavy atom. The Morgan fingerprint density at radius 1 is 1.31 bits per heavy atom. The van der Waals surface area contributed by atoms with Crippen LogP contribution in [-0.2, 0) is 11.2 Å². The molecule has 2 aromatic rings. The molecule has 1 aromatic carbocycles. The van der Waals surface area contributed by atoms with Gasteiger partial charge < -0.3 is 4.90 Å². The first kappa shape index (κ1) is 20.5. The highest BCUT2D eigenvalue weighted by atomic mass is 32.2. The van der Waals surface area contributed by atoms with Crippen molar-refractivity contribution < 1.29 is 9.18 Å². The number of hydrogen-bond acceptors (Lipinski definition) is 5. The van der Waals surface area contributed by atoms with E-state index in [0.29, 0.717) is 21.8 Å². The molecule has 0 spiro atoms. The summed E-state index contributed by atoms with van der Waals surface area (Å²) in [5, 5.41) is 0.501. The lowest BCUT2D eigenvalue weighted by Gasteiger charge is -2.35. The zero-order valence-electron chi connectivity index (χ0n) is 16.4. The average Bonchev–Trinajstić information content (AvgIpc) is 3.22. The van der Waals surface area contributed by atoms with E-state index < -0.39 is 0 Å². The van der Waals surface area contributed by atoms with Crippen molar-refractivity contribution in [2.24, 2.45) is 0 Å². The van der Waals surface area contributed by atoms with Gasteiger partial charge in [-0.3, -0.25) is 14.2 Å². The number of halogens is 1. The van der Waals surface area contributed by atoms with Crippen molar-refractivity contribution in [3.8, 4) is 5.69 Å². The lowest BCUT2D eigenvalue weighted by molar-refractivity contribution is -0.132. The number of aromatic nitrogens is 2. The number of amides is 1. The third kappa shape index (κ3) is 4.23. The molecule has 2 aliphatic heterocycles. The molecule has 0 aliphatic carbocycles. The lowest BCUT2D eigenvalue weighted by Crippen LogP contribution is -2.44. The smallest absolute Gasteiger partial charge is 0.272 e. The van der Waals surface area contributed by atoms with Crippen LogP contribution in [0, 0.1) is 5.82 Å². The predicted molar refractivity (Wildman–Crippen MR) is 115 cm³/mol. The summed E-state index contributed by atoms with van der Waals surface area (Å²) in [5.74, 6) is 0.817. The van der Waals surface area contributed by atoms with E-state index in [9.17, 15) is 14.0 Å². The Balaban J connectivity index is 1.63. The number of carbonyl (C=O) groups is 1. The Kier molecular flexibility index (Phi) is 6.29. The lowest BCUT2D eigenvalue weighted by atomic mass is 10.0. The fourth-order valence-corrected chi connectivity index (χ4v) is 5.91. The third-order valence-electron chi connectivity index (χ3n) is 5.49. The Labute approximate surface area is 178 Å². The maximum absolute atomic E-state index is 13.4. The van der Waals surface area contributed by atoms with Crippen LogP contribution in [0.15, 0.2) is 39.1 Å². The highest BCUT2D eigenvalue weighted by Gasteiger charge is 2.27. The molecule has 154 valence electrons. The van der Waals surface area contributed by atoms with Gasteiger partial charge in [0.15, 0.2) is 5.16 Å². The van der Waals surface area contributed by atoms with Crippen LogP contribution < -0.4 is 5.56 Å². The van der Waals surface area contributed by atoms with Crippen LogP contribution in [0.4, 0.5) is 4.39 Å². The van der Waals surface area contributed by atoms with E-state index in [0.717, 1.165) is 43.7 Å². The van der Waals surface area contributed by atoms with E-state index in [1.165, 1.54) is 46.6 Å². The van der Waals surface area contributed by atoms with Gasteiger partial charge in [-0.1, -0.05) is 18.7 Å². The molecule has 5 nitrogen and oxygen atoms in total. The number of nitrogens with zero attached hydrogens (tertiary/aromatic N) is 3. The summed E-state index contributed by atoms with van der Waals surface area (Å²) in [6, 6.07) is 6.13. The van der Waals surface area contributed by atoms with Gasteiger partial charge >= 0.3 is 0 Å². The first-order valence-corrected chi connectivity index (χ1v) is 12.0. The first-order valence-electron chi connectivity index (χ1n) is 10.1. The number of aryl methyl sites for hydroxylation is 1. The number of likely N-dealkylation sites (tertiary alicyclic amines) is 1. The minimum absolute atomic E-state index is 0.0938. The Morgan fingerprint density at radius 3 is 2.86 bits per heavy atom. The van der Waals surface area contributed by atoms with Gasteiger partial charge in [0.1, 0.15) is 5.82 Å². The minimum Gasteiger partial charge on any atom is -0.339 e. The standard InChI is InChI=1S/C21H24FN3O2S2/c1-2-15-5-3-4-11-24(15)18(26)13-29-21-23-17-10-12-28-19(17)20(27)25(21)16-8-6-14(22)7-9-16/h6-9,15H,2-5,10-13H2,1H3. The number of benzene rings is 1. The van der Waals surface area contributed by atoms with E-state index >= 15 is 0 Å². The van der Waals surface area contributed by atoms with Crippen molar-refractivity contribution in [1.82, 2.24) is 14.5 Å². The van der Waals surface area contributed by atoms with Gasteiger partial charge in [0.25, 0.3) is 5.56 Å². The molecule has 0 bridgehead atoms. The quantitative estimate of drug-likeness (QED) is 0.529. The van der Waals surface area contributed by atoms with Gasteiger partial charge in [0.2, 0.25) is 5.91 Å². The molecule has 1 amide bonds. The molecule has 1 saturated heterocycles. The van der Waals surface area contributed by atoms with Gasteiger partial charge in [0.05, 0.1) is 22.0 Å². The fourth-order valence-electron chi connectivity index (χ4n) is 3.97. The predicted octanol–water partition coefficient (Wildman–Crippen LogP) is 3.90. The van der Waals surface area contributed by atoms with Crippen molar-refractivity contribution in [3.05, 3.63) is 46.1 Å². The van der Waals surface area contributed by atoms with Gasteiger partial charge in [-0.2, -0.15) is 0 Å². The number of carbonyl (C=O) groups excluding carboxylic acids is 1. The van der Waals surface area contributed by atoms with Crippen LogP contribution in [0.3, 0.4) is 0 Å². The zero-order valence-corrected chi connectivity index (χ0v) is 18.0. The molecule has 0 radical (unpaired) electrons. The summed E-state index contributed by atoms with van der Waals surface area (Å²) in [7, 11) is 0. The summed E-state index contributed by atoms with van der Waals surface area (Å²) < 4.78 is 14.9. The summed E-state index contributed by atoms with van der Waals surface area (Å²) >= 11 is 2.81. The number of thioether (sulfide) groups is 2. The fraction of sp³-hybridized carbons (Fsp3) is 0.476. The second kappa shape index (κ2) is 8.92. The van der Waals surface area contributed by atoms with Crippen molar-refractivity contribution in [2.75, 3.05) is 18.1 Å². The van der Waals surface area contributed by atoms with Gasteiger partial charge in [-0.15, -0.1) is 11.8 Å². The summed E-state index contributed by atoms with van der Waals surface area (Å²) in [6.07, 6.45) is 4.99. The topological polar surface area (TPSA) is 55.2 Å². The molecule has 8 heteroatoms. The van der Waals surface area contributed by atoms with Crippen LogP contribution in [0.2, 0.25) is 0 Å². The van der Waals surface area contributed by atoms with Crippen LogP contribution in [0.5, 0.6) is 0 Å². The van der Waals surface area contributed by atoms with Crippen LogP contribution in [0.1, 0.15) is 38.3 Å². The van der Waals surface area contributed by atoms with E-state index in [1.807, 2.05) is 4.90 Å². The Bertz CT molecular complexity index is 962. The summed E-state index contributed by atoms with van der Waals surface area (Å²) in [5.41, 5.74) is 1.24. The van der Waals surface area contributed by atoms with Crippen LogP contribution in [-0.4, -0.2) is 44.5 Å². The molecule has 29 heavy (non-hydrogen) atoms. The number of piperidine rings is 1. The van der Waals surface area contributed by atoms with Crippen molar-refractivity contribution in [1.29, 1.82) is 0 Å². The number of rotatable bonds is 5. The van der Waals surface area contributed by atoms with Crippen molar-refractivity contribution in [2.45, 2.75) is 55.1 Å². The maximum atomic E-state index is 13.4. The molecule has 1 fully saturated rings. The van der Waals surface area contributed by atoms with Gasteiger partial charge in [-0.05, 0) is 49.9 Å². The normalized spacial score (nSPS) is 18.7. The molecular weight excluding hydrogens is 409 g/mol. The SMILES string of the molecule is CCC1CCCCN1C(=O)CSc1nc2c(c(=O)n1-c1ccc(F)cc1)SCC2. The zero-order chi connectivity index (χ0) is 20.4. The van der Waals surface area contributed by atoms with E-state index in [2.05, 4.69) is 6.92 Å². The van der Waals surface area contributed by atoms with Gasteiger partial charge in [-0.25, -0.2) is 9.37 Å². The Hall–Kier alpha value is -1.80. The monoisotopic (exact) mass is 433 g/mol. The third-order valence-corrected chi connectivity index (χ3v) is 7.53. The van der Waals surface area contributed by atoms with Gasteiger partial charge in [0, 0.05) is 24.8 Å². The van der Waals surface area contributed by atoms with Crippen LogP contribution in [0.25, 0.3) is 5.69 Å². The van der Waals surface area contributed by atoms with E-state index in [4.69, 9.17) is 4.98 Å². The molecule has 2 aliphatic rings. The summed E-state index contributed by atoms with van der Waals surface area (Å²) in [6.45, 7) is 2.92. The molecular formula is C21H24FN3O2S2. The second-order valence-corrected chi connectivity index (χ2v) is 9.37. The average molecular weight is 434 g/mol. The highest BCUT2D eigenvalue weighted by Crippen LogP contribution is 2.30. The van der Waals surface area contributed by atoms with E-state index in [1.54, 1.807) is 12.1 Å². The minimum atomic E-state index is -0.356. The maximum Gasteiger partial charge on any atom is 0.272 e. The number of fused-ring (bicyclic) bond motifs is 1. The van der Waals surface area contributed by atoms with Crippen LogP contribution >= 0.6 is 23.5 Å². The molecule has 0 N–H and O–H groups in total. The molecule has 0 saturated carbocycles. The molecule has 4 rings (SSSR count). The van der Waals surface area contributed by atoms with E-state index in [-0.39, 0.29) is 23.0 Å². The molecule has 1 unspecified atom stereocenters. The molecule has 3 heterocycles. The second-order valence-electron chi connectivity index (χ2n) is 7.32. The highest BCUT2D eigenvalue weighted by molar-refractivity contribution is 8.00. The first-order chi connectivity index (χ1) is 14.1. The largest absolute Gasteiger partial charge is 0.339 e. The van der Waals surface area contributed by atoms with Crippen molar-refractivity contribution >= 4 is 29.4 Å². The van der Waals surface area contributed by atoms with Crippen molar-refractivity contribution in [3.63, 3.8) is 0 Å². The summed E-state index contributed by atoms with van der Waals surface area (Å²) in [4.78, 5) is 33.4.